The highest BCUT2D eigenvalue weighted by molar-refractivity contribution is 6.40. The number of aromatic nitrogens is 4. The van der Waals surface area contributed by atoms with Crippen LogP contribution in [0, 0.1) is 0 Å². The van der Waals surface area contributed by atoms with E-state index in [9.17, 15) is 14.7 Å². The van der Waals surface area contributed by atoms with Crippen LogP contribution in [0.1, 0.15) is 42.6 Å². The Labute approximate surface area is 223 Å². The number of benzene rings is 1. The van der Waals surface area contributed by atoms with Crippen molar-refractivity contribution in [3.63, 3.8) is 0 Å². The minimum Gasteiger partial charge on any atom is -0.480 e. The number of pyridine rings is 1. The van der Waals surface area contributed by atoms with Gasteiger partial charge in [-0.2, -0.15) is 9.97 Å². The number of carbonyl (C=O) groups is 2. The van der Waals surface area contributed by atoms with E-state index in [0.717, 1.165) is 12.8 Å². The molecule has 3 aromatic rings. The van der Waals surface area contributed by atoms with Gasteiger partial charge in [0, 0.05) is 24.5 Å². The van der Waals surface area contributed by atoms with Gasteiger partial charge in [-0.3, -0.25) is 9.78 Å². The number of hydrogen-bond donors (Lipinski definition) is 3. The molecule has 2 aromatic heterocycles. The van der Waals surface area contributed by atoms with Crippen molar-refractivity contribution in [2.24, 2.45) is 0 Å². The zero-order valence-corrected chi connectivity index (χ0v) is 21.7. The van der Waals surface area contributed by atoms with E-state index in [0.29, 0.717) is 24.5 Å². The Balaban J connectivity index is 1.71. The number of nitrogens with zero attached hydrogens (tertiary/aromatic N) is 4. The maximum atomic E-state index is 12.6. The van der Waals surface area contributed by atoms with E-state index in [1.165, 1.54) is 12.4 Å². The van der Waals surface area contributed by atoms with Crippen LogP contribution in [0.5, 0.6) is 12.0 Å². The van der Waals surface area contributed by atoms with Crippen LogP contribution in [-0.2, 0) is 11.2 Å². The second kappa shape index (κ2) is 13.6. The number of ether oxygens (including phenoxy) is 2. The highest BCUT2D eigenvalue weighted by Gasteiger charge is 2.21. The summed E-state index contributed by atoms with van der Waals surface area (Å²) in [7, 11) is 0. The van der Waals surface area contributed by atoms with Crippen LogP contribution in [0.25, 0.3) is 0 Å². The van der Waals surface area contributed by atoms with Crippen LogP contribution >= 0.6 is 23.2 Å². The first-order chi connectivity index (χ1) is 17.8. The van der Waals surface area contributed by atoms with Gasteiger partial charge in [0.1, 0.15) is 6.04 Å². The minimum absolute atomic E-state index is 0.0228. The summed E-state index contributed by atoms with van der Waals surface area (Å²) in [4.78, 5) is 40.8. The van der Waals surface area contributed by atoms with E-state index < -0.39 is 17.9 Å². The van der Waals surface area contributed by atoms with Crippen molar-refractivity contribution in [2.45, 2.75) is 39.2 Å². The molecule has 2 heterocycles. The van der Waals surface area contributed by atoms with Crippen LogP contribution < -0.4 is 20.1 Å². The van der Waals surface area contributed by atoms with Crippen LogP contribution in [-0.4, -0.2) is 56.2 Å². The molecule has 11 nitrogen and oxygen atoms in total. The van der Waals surface area contributed by atoms with Gasteiger partial charge in [-0.05, 0) is 30.5 Å². The van der Waals surface area contributed by atoms with Gasteiger partial charge in [-0.25, -0.2) is 4.79 Å². The first-order valence-electron chi connectivity index (χ1n) is 11.5. The zero-order chi connectivity index (χ0) is 26.8. The summed E-state index contributed by atoms with van der Waals surface area (Å²) < 4.78 is 11.0. The van der Waals surface area contributed by atoms with Crippen molar-refractivity contribution in [1.29, 1.82) is 0 Å². The van der Waals surface area contributed by atoms with E-state index in [1.54, 1.807) is 24.3 Å². The van der Waals surface area contributed by atoms with Crippen LogP contribution in [0.4, 0.5) is 11.6 Å². The molecule has 0 bridgehead atoms. The summed E-state index contributed by atoms with van der Waals surface area (Å²) in [5.74, 6) is -1.58. The second-order valence-corrected chi connectivity index (χ2v) is 8.60. The Hall–Kier alpha value is -3.70. The molecule has 1 aromatic carbocycles. The topological polar surface area (TPSA) is 148 Å². The molecular formula is C24H26Cl2N6O5. The van der Waals surface area contributed by atoms with Gasteiger partial charge in [0.25, 0.3) is 5.91 Å². The number of aliphatic carboxylic acids is 1. The lowest BCUT2D eigenvalue weighted by atomic mass is 10.1. The maximum Gasteiger partial charge on any atom is 0.326 e. The average molecular weight is 549 g/mol. The SMILES string of the molecule is CCCOc1nc(N[C@@H](Cc2ccc(NC(=O)c3c(Cl)cncc3Cl)cc2)C(=O)O)nc(OCCC)n1. The molecule has 3 N–H and O–H groups in total. The summed E-state index contributed by atoms with van der Waals surface area (Å²) >= 11 is 12.1. The number of carboxylic acid groups (broad SMARTS) is 1. The van der Waals surface area contributed by atoms with Crippen molar-refractivity contribution in [1.82, 2.24) is 19.9 Å². The van der Waals surface area contributed by atoms with E-state index in [-0.39, 0.29) is 40.0 Å². The van der Waals surface area contributed by atoms with Gasteiger partial charge in [0.2, 0.25) is 5.95 Å². The fourth-order valence-electron chi connectivity index (χ4n) is 3.06. The smallest absolute Gasteiger partial charge is 0.326 e. The standard InChI is InChI=1S/C24H26Cl2N6O5/c1-3-9-36-23-30-22(31-24(32-23)37-10-4-2)29-18(21(34)35)11-14-5-7-15(8-6-14)28-20(33)19-16(25)12-27-13-17(19)26/h5-8,12-13,18H,3-4,9-11H2,1-2H3,(H,28,33)(H,34,35)(H,29,30,31,32)/t18-/m0/s1. The normalized spacial score (nSPS) is 11.5. The average Bonchev–Trinajstić information content (AvgIpc) is 2.86. The quantitative estimate of drug-likeness (QED) is 0.278. The molecule has 196 valence electrons. The molecule has 0 aliphatic carbocycles. The highest BCUT2D eigenvalue weighted by atomic mass is 35.5. The summed E-state index contributed by atoms with van der Waals surface area (Å²) in [5, 5.41) is 15.6. The third-order valence-corrected chi connectivity index (χ3v) is 5.37. The van der Waals surface area contributed by atoms with Gasteiger partial charge < -0.3 is 25.2 Å². The summed E-state index contributed by atoms with van der Waals surface area (Å²) in [6.07, 6.45) is 4.25. The van der Waals surface area contributed by atoms with Crippen molar-refractivity contribution in [3.05, 3.63) is 57.8 Å². The molecule has 0 unspecified atom stereocenters. The van der Waals surface area contributed by atoms with Crippen LogP contribution in [0.3, 0.4) is 0 Å². The van der Waals surface area contributed by atoms with E-state index in [1.807, 2.05) is 13.8 Å². The summed E-state index contributed by atoms with van der Waals surface area (Å²) in [6.45, 7) is 4.66. The van der Waals surface area contributed by atoms with Crippen LogP contribution in [0.2, 0.25) is 10.0 Å². The predicted octanol–water partition coefficient (Wildman–Crippen LogP) is 4.51. The number of carbonyl (C=O) groups excluding carboxylic acids is 1. The van der Waals surface area contributed by atoms with Crippen molar-refractivity contribution in [2.75, 3.05) is 23.8 Å². The molecule has 0 radical (unpaired) electrons. The molecule has 0 saturated carbocycles. The van der Waals surface area contributed by atoms with E-state index >= 15 is 0 Å². The monoisotopic (exact) mass is 548 g/mol. The number of amides is 1. The fourth-order valence-corrected chi connectivity index (χ4v) is 3.59. The highest BCUT2D eigenvalue weighted by Crippen LogP contribution is 2.24. The van der Waals surface area contributed by atoms with E-state index in [4.69, 9.17) is 32.7 Å². The number of rotatable bonds is 13. The first-order valence-corrected chi connectivity index (χ1v) is 12.3. The molecule has 0 aliphatic heterocycles. The van der Waals surface area contributed by atoms with E-state index in [2.05, 4.69) is 30.6 Å². The number of carboxylic acids is 1. The number of nitrogens with one attached hydrogen (secondary N) is 2. The fraction of sp³-hybridized carbons (Fsp3) is 0.333. The molecule has 1 amide bonds. The Kier molecular flexibility index (Phi) is 10.2. The largest absolute Gasteiger partial charge is 0.480 e. The molecule has 3 rings (SSSR count). The Morgan fingerprint density at radius 2 is 1.51 bits per heavy atom. The Bertz CT molecular complexity index is 1180. The molecule has 37 heavy (non-hydrogen) atoms. The van der Waals surface area contributed by atoms with Crippen molar-refractivity contribution < 1.29 is 24.2 Å². The van der Waals surface area contributed by atoms with Crippen molar-refractivity contribution in [3.8, 4) is 12.0 Å². The molecule has 0 aliphatic rings. The molecule has 0 spiro atoms. The van der Waals surface area contributed by atoms with Gasteiger partial charge >= 0.3 is 18.0 Å². The predicted molar refractivity (Wildman–Crippen MR) is 139 cm³/mol. The first kappa shape index (κ1) is 27.9. The third-order valence-electron chi connectivity index (χ3n) is 4.80. The molecule has 13 heteroatoms. The number of halogens is 2. The molecule has 0 saturated heterocycles. The lowest BCUT2D eigenvalue weighted by Crippen LogP contribution is -2.32. The van der Waals surface area contributed by atoms with Gasteiger partial charge in [0.15, 0.2) is 0 Å². The Morgan fingerprint density at radius 3 is 2.03 bits per heavy atom. The minimum atomic E-state index is -1.10. The number of anilines is 2. The third kappa shape index (κ3) is 8.16. The number of hydrogen-bond acceptors (Lipinski definition) is 9. The maximum absolute atomic E-state index is 12.6. The lowest BCUT2D eigenvalue weighted by Gasteiger charge is -2.16. The zero-order valence-electron chi connectivity index (χ0n) is 20.2. The van der Waals surface area contributed by atoms with Crippen molar-refractivity contribution >= 4 is 46.7 Å². The molecule has 1 atom stereocenters. The lowest BCUT2D eigenvalue weighted by molar-refractivity contribution is -0.137. The van der Waals surface area contributed by atoms with Gasteiger partial charge in [-0.1, -0.05) is 49.2 Å². The van der Waals surface area contributed by atoms with Gasteiger partial charge in [0.05, 0.1) is 28.8 Å². The van der Waals surface area contributed by atoms with Gasteiger partial charge in [-0.15, -0.1) is 4.98 Å². The summed E-state index contributed by atoms with van der Waals surface area (Å²) in [5.41, 5.74) is 1.28. The summed E-state index contributed by atoms with van der Waals surface area (Å²) in [6, 6.07) is 5.71. The Morgan fingerprint density at radius 1 is 0.946 bits per heavy atom. The molecule has 0 fully saturated rings. The molecular weight excluding hydrogens is 523 g/mol. The second-order valence-electron chi connectivity index (χ2n) is 7.79. The van der Waals surface area contributed by atoms with Crippen LogP contribution in [0.15, 0.2) is 36.7 Å².